The molecule has 3 heteroatoms. The van der Waals surface area contributed by atoms with Crippen LogP contribution in [0.2, 0.25) is 0 Å². The minimum absolute atomic E-state index is 0.177. The van der Waals surface area contributed by atoms with E-state index in [1.54, 1.807) is 12.3 Å². The molecule has 0 unspecified atom stereocenters. The third kappa shape index (κ3) is 2.11. The van der Waals surface area contributed by atoms with Crippen LogP contribution in [0, 0.1) is 11.3 Å². The molecular formula is C11H12N2O. The molecule has 14 heavy (non-hydrogen) atoms. The molecule has 1 rings (SSSR count). The third-order valence-electron chi connectivity index (χ3n) is 2.03. The summed E-state index contributed by atoms with van der Waals surface area (Å²) in [4.78, 5) is 11.6. The summed E-state index contributed by atoms with van der Waals surface area (Å²) in [5.41, 5.74) is 0.906. The Bertz CT molecular complexity index is 437. The Balaban J connectivity index is 3.06. The quantitative estimate of drug-likeness (QED) is 0.677. The second-order valence-corrected chi connectivity index (χ2v) is 3.07. The van der Waals surface area contributed by atoms with Crippen LogP contribution < -0.4 is 5.56 Å². The van der Waals surface area contributed by atoms with E-state index in [4.69, 9.17) is 5.26 Å². The van der Waals surface area contributed by atoms with E-state index in [0.717, 1.165) is 12.0 Å². The molecule has 0 atom stereocenters. The van der Waals surface area contributed by atoms with E-state index < -0.39 is 0 Å². The lowest BCUT2D eigenvalue weighted by atomic mass is 10.2. The zero-order valence-electron chi connectivity index (χ0n) is 8.16. The van der Waals surface area contributed by atoms with Crippen LogP contribution in [-0.2, 0) is 6.54 Å². The minimum Gasteiger partial charge on any atom is -0.310 e. The summed E-state index contributed by atoms with van der Waals surface area (Å²) >= 11 is 0. The summed E-state index contributed by atoms with van der Waals surface area (Å²) in [6, 6.07) is 5.08. The highest BCUT2D eigenvalue weighted by Gasteiger charge is 2.01. The maximum atomic E-state index is 11.6. The fourth-order valence-electron chi connectivity index (χ4n) is 1.10. The summed E-state index contributed by atoms with van der Waals surface area (Å²) in [5.74, 6) is 0. The Morgan fingerprint density at radius 1 is 1.71 bits per heavy atom. The number of nitriles is 1. The minimum atomic E-state index is -0.246. The van der Waals surface area contributed by atoms with Gasteiger partial charge < -0.3 is 4.57 Å². The third-order valence-corrected chi connectivity index (χ3v) is 2.03. The molecule has 0 saturated heterocycles. The van der Waals surface area contributed by atoms with E-state index in [1.807, 2.05) is 13.0 Å². The average molecular weight is 188 g/mol. The first kappa shape index (κ1) is 10.3. The molecule has 0 amide bonds. The fourth-order valence-corrected chi connectivity index (χ4v) is 1.10. The van der Waals surface area contributed by atoms with Crippen molar-refractivity contribution in [2.45, 2.75) is 19.9 Å². The average Bonchev–Trinajstić information content (AvgIpc) is 2.21. The predicted octanol–water partition coefficient (Wildman–Crippen LogP) is 1.69. The van der Waals surface area contributed by atoms with Crippen LogP contribution in [0.1, 0.15) is 18.9 Å². The molecule has 0 aliphatic carbocycles. The summed E-state index contributed by atoms with van der Waals surface area (Å²) in [6.07, 6.45) is 2.51. The molecule has 0 bridgehead atoms. The first-order valence-electron chi connectivity index (χ1n) is 4.45. The van der Waals surface area contributed by atoms with Crippen LogP contribution in [0.3, 0.4) is 0 Å². The second kappa shape index (κ2) is 4.43. The second-order valence-electron chi connectivity index (χ2n) is 3.07. The van der Waals surface area contributed by atoms with Gasteiger partial charge in [-0.2, -0.15) is 5.26 Å². The summed E-state index contributed by atoms with van der Waals surface area (Å²) in [6.45, 7) is 6.30. The number of nitrogens with zero attached hydrogens (tertiary/aromatic N) is 2. The smallest absolute Gasteiger partial charge is 0.268 e. The zero-order chi connectivity index (χ0) is 10.6. The Kier molecular flexibility index (Phi) is 3.24. The Labute approximate surface area is 82.9 Å². The van der Waals surface area contributed by atoms with Crippen molar-refractivity contribution < 1.29 is 0 Å². The molecule has 0 saturated carbocycles. The molecule has 0 aliphatic rings. The lowest BCUT2D eigenvalue weighted by Gasteiger charge is -2.06. The Morgan fingerprint density at radius 2 is 2.43 bits per heavy atom. The highest BCUT2D eigenvalue weighted by atomic mass is 16.1. The Hall–Kier alpha value is -1.82. The van der Waals surface area contributed by atoms with Gasteiger partial charge in [-0.05, 0) is 18.6 Å². The van der Waals surface area contributed by atoms with E-state index in [2.05, 4.69) is 6.58 Å². The molecule has 0 aromatic carbocycles. The highest BCUT2D eigenvalue weighted by molar-refractivity contribution is 5.25. The van der Waals surface area contributed by atoms with E-state index in [0.29, 0.717) is 6.54 Å². The van der Waals surface area contributed by atoms with Crippen molar-refractivity contribution in [1.29, 1.82) is 5.26 Å². The molecule has 0 aliphatic heterocycles. The van der Waals surface area contributed by atoms with Gasteiger partial charge in [-0.25, -0.2) is 0 Å². The topological polar surface area (TPSA) is 45.8 Å². The lowest BCUT2D eigenvalue weighted by Crippen LogP contribution is -2.22. The number of hydrogen-bond donors (Lipinski definition) is 0. The summed E-state index contributed by atoms with van der Waals surface area (Å²) in [7, 11) is 0. The normalized spacial score (nSPS) is 9.43. The number of hydrogen-bond acceptors (Lipinski definition) is 2. The maximum Gasteiger partial charge on any atom is 0.268 e. The predicted molar refractivity (Wildman–Crippen MR) is 54.8 cm³/mol. The van der Waals surface area contributed by atoms with Crippen molar-refractivity contribution >= 4 is 0 Å². The van der Waals surface area contributed by atoms with Gasteiger partial charge in [0.05, 0.1) is 0 Å². The van der Waals surface area contributed by atoms with Gasteiger partial charge in [0.1, 0.15) is 11.6 Å². The van der Waals surface area contributed by atoms with E-state index >= 15 is 0 Å². The summed E-state index contributed by atoms with van der Waals surface area (Å²) < 4.78 is 1.50. The van der Waals surface area contributed by atoms with Crippen LogP contribution in [0.4, 0.5) is 0 Å². The molecule has 1 aromatic heterocycles. The van der Waals surface area contributed by atoms with Crippen LogP contribution in [0.5, 0.6) is 0 Å². The lowest BCUT2D eigenvalue weighted by molar-refractivity contribution is 0.725. The van der Waals surface area contributed by atoms with Gasteiger partial charge in [-0.1, -0.05) is 19.1 Å². The standard InChI is InChI=1S/C11H12N2O/c1-3-9(2)8-13-6-4-5-10(7-12)11(13)14/h4-6H,2-3,8H2,1H3. The molecule has 0 spiro atoms. The zero-order valence-corrected chi connectivity index (χ0v) is 8.16. The molecule has 72 valence electrons. The Morgan fingerprint density at radius 3 is 3.00 bits per heavy atom. The van der Waals surface area contributed by atoms with Crippen LogP contribution >= 0.6 is 0 Å². The molecule has 0 N–H and O–H groups in total. The maximum absolute atomic E-state index is 11.6. The van der Waals surface area contributed by atoms with Crippen molar-refractivity contribution in [2.24, 2.45) is 0 Å². The first-order chi connectivity index (χ1) is 6.69. The molecule has 1 aromatic rings. The fraction of sp³-hybridized carbons (Fsp3) is 0.273. The molecule has 0 radical (unpaired) electrons. The van der Waals surface area contributed by atoms with Gasteiger partial charge in [-0.15, -0.1) is 0 Å². The van der Waals surface area contributed by atoms with Gasteiger partial charge in [0.15, 0.2) is 0 Å². The molecular weight excluding hydrogens is 176 g/mol. The van der Waals surface area contributed by atoms with Gasteiger partial charge >= 0.3 is 0 Å². The number of rotatable bonds is 3. The van der Waals surface area contributed by atoms with Crippen molar-refractivity contribution in [3.05, 3.63) is 46.4 Å². The van der Waals surface area contributed by atoms with Gasteiger partial charge in [0.25, 0.3) is 5.56 Å². The number of pyridine rings is 1. The van der Waals surface area contributed by atoms with Crippen molar-refractivity contribution in [3.8, 4) is 6.07 Å². The van der Waals surface area contributed by atoms with E-state index in [1.165, 1.54) is 10.6 Å². The van der Waals surface area contributed by atoms with Crippen molar-refractivity contribution in [2.75, 3.05) is 0 Å². The highest BCUT2D eigenvalue weighted by Crippen LogP contribution is 1.99. The summed E-state index contributed by atoms with van der Waals surface area (Å²) in [5, 5.41) is 8.65. The number of allylic oxidation sites excluding steroid dienone is 1. The molecule has 1 heterocycles. The first-order valence-corrected chi connectivity index (χ1v) is 4.45. The number of aromatic nitrogens is 1. The van der Waals surface area contributed by atoms with Crippen molar-refractivity contribution in [1.82, 2.24) is 4.57 Å². The van der Waals surface area contributed by atoms with Gasteiger partial charge in [0, 0.05) is 12.7 Å². The largest absolute Gasteiger partial charge is 0.310 e. The van der Waals surface area contributed by atoms with Crippen LogP contribution in [0.25, 0.3) is 0 Å². The van der Waals surface area contributed by atoms with Gasteiger partial charge in [-0.3, -0.25) is 4.79 Å². The SMILES string of the molecule is C=C(CC)Cn1cccc(C#N)c1=O. The van der Waals surface area contributed by atoms with Crippen LogP contribution in [0.15, 0.2) is 35.3 Å². The van der Waals surface area contributed by atoms with E-state index in [9.17, 15) is 4.79 Å². The molecule has 0 fully saturated rings. The van der Waals surface area contributed by atoms with E-state index in [-0.39, 0.29) is 11.1 Å². The van der Waals surface area contributed by atoms with Crippen molar-refractivity contribution in [3.63, 3.8) is 0 Å². The monoisotopic (exact) mass is 188 g/mol. The van der Waals surface area contributed by atoms with Crippen LogP contribution in [-0.4, -0.2) is 4.57 Å². The van der Waals surface area contributed by atoms with Gasteiger partial charge in [0.2, 0.25) is 0 Å². The molecule has 3 nitrogen and oxygen atoms in total.